The van der Waals surface area contributed by atoms with Crippen molar-refractivity contribution in [2.75, 3.05) is 6.61 Å². The van der Waals surface area contributed by atoms with Crippen LogP contribution < -0.4 is 4.74 Å². The molecule has 0 saturated heterocycles. The quantitative estimate of drug-likeness (QED) is 0.788. The van der Waals surface area contributed by atoms with Crippen LogP contribution in [-0.4, -0.2) is 16.7 Å². The van der Waals surface area contributed by atoms with Gasteiger partial charge in [0, 0.05) is 17.6 Å². The minimum Gasteiger partial charge on any atom is -0.439 e. The zero-order valence-corrected chi connectivity index (χ0v) is 11.9. The van der Waals surface area contributed by atoms with E-state index in [1.165, 1.54) is 0 Å². The van der Waals surface area contributed by atoms with Crippen LogP contribution in [0.25, 0.3) is 10.9 Å². The molecule has 1 aromatic heterocycles. The highest BCUT2D eigenvalue weighted by atomic mass is 16.5. The molecule has 0 amide bonds. The molecule has 0 bridgehead atoms. The number of aliphatic hydroxyl groups is 1. The molecule has 0 spiro atoms. The highest BCUT2D eigenvalue weighted by Crippen LogP contribution is 2.26. The van der Waals surface area contributed by atoms with Crippen LogP contribution in [0, 0.1) is 6.92 Å². The van der Waals surface area contributed by atoms with Crippen molar-refractivity contribution in [1.29, 1.82) is 0 Å². The Bertz CT molecular complexity index is 751. The fourth-order valence-electron chi connectivity index (χ4n) is 2.27. The van der Waals surface area contributed by atoms with Crippen molar-refractivity contribution in [3.05, 3.63) is 65.7 Å². The standard InChI is InChI=1S/C18H17NO2/c1-13-12-15-4-2-3-5-17(15)19-18(13)21-16-8-6-14(7-9-16)10-11-20/h2-9,12,20H,10-11H2,1H3. The highest BCUT2D eigenvalue weighted by molar-refractivity contribution is 5.80. The lowest BCUT2D eigenvalue weighted by Gasteiger charge is -2.09. The summed E-state index contributed by atoms with van der Waals surface area (Å²) in [5, 5.41) is 10.0. The van der Waals surface area contributed by atoms with Gasteiger partial charge in [-0.3, -0.25) is 0 Å². The van der Waals surface area contributed by atoms with Crippen LogP contribution in [0.3, 0.4) is 0 Å². The molecule has 3 rings (SSSR count). The zero-order chi connectivity index (χ0) is 14.7. The van der Waals surface area contributed by atoms with Gasteiger partial charge in [-0.2, -0.15) is 0 Å². The van der Waals surface area contributed by atoms with Crippen LogP contribution in [0.1, 0.15) is 11.1 Å². The van der Waals surface area contributed by atoms with Crippen molar-refractivity contribution < 1.29 is 9.84 Å². The van der Waals surface area contributed by atoms with Crippen LogP contribution >= 0.6 is 0 Å². The summed E-state index contributed by atoms with van der Waals surface area (Å²) < 4.78 is 5.88. The second kappa shape index (κ2) is 5.94. The number of rotatable bonds is 4. The number of ether oxygens (including phenoxy) is 1. The number of pyridine rings is 1. The number of hydrogen-bond acceptors (Lipinski definition) is 3. The Labute approximate surface area is 123 Å². The SMILES string of the molecule is Cc1cc2ccccc2nc1Oc1ccc(CCO)cc1. The first-order valence-electron chi connectivity index (χ1n) is 7.00. The topological polar surface area (TPSA) is 42.4 Å². The molecule has 2 aromatic carbocycles. The molecule has 3 nitrogen and oxygen atoms in total. The predicted octanol–water partition coefficient (Wildman–Crippen LogP) is 3.87. The van der Waals surface area contributed by atoms with Gasteiger partial charge in [-0.25, -0.2) is 4.98 Å². The Morgan fingerprint density at radius 1 is 1.05 bits per heavy atom. The number of aryl methyl sites for hydroxylation is 1. The van der Waals surface area contributed by atoms with Crippen LogP contribution in [0.5, 0.6) is 11.6 Å². The van der Waals surface area contributed by atoms with Crippen LogP contribution in [-0.2, 0) is 6.42 Å². The molecule has 0 unspecified atom stereocenters. The largest absolute Gasteiger partial charge is 0.439 e. The molecule has 1 N–H and O–H groups in total. The zero-order valence-electron chi connectivity index (χ0n) is 11.9. The normalized spacial score (nSPS) is 10.8. The van der Waals surface area contributed by atoms with E-state index in [-0.39, 0.29) is 6.61 Å². The summed E-state index contributed by atoms with van der Waals surface area (Å²) in [6.45, 7) is 2.15. The van der Waals surface area contributed by atoms with Crippen LogP contribution in [0.2, 0.25) is 0 Å². The monoisotopic (exact) mass is 279 g/mol. The maximum atomic E-state index is 8.92. The summed E-state index contributed by atoms with van der Waals surface area (Å²) >= 11 is 0. The van der Waals surface area contributed by atoms with E-state index in [9.17, 15) is 0 Å². The number of aromatic nitrogens is 1. The van der Waals surface area contributed by atoms with Gasteiger partial charge < -0.3 is 9.84 Å². The Kier molecular flexibility index (Phi) is 3.84. The van der Waals surface area contributed by atoms with Crippen molar-refractivity contribution in [3.8, 4) is 11.6 Å². The highest BCUT2D eigenvalue weighted by Gasteiger charge is 2.06. The predicted molar refractivity (Wildman–Crippen MR) is 83.8 cm³/mol. The third kappa shape index (κ3) is 3.03. The molecule has 0 aliphatic carbocycles. The fourth-order valence-corrected chi connectivity index (χ4v) is 2.27. The van der Waals surface area contributed by atoms with E-state index in [0.717, 1.165) is 27.8 Å². The summed E-state index contributed by atoms with van der Waals surface area (Å²) in [7, 11) is 0. The summed E-state index contributed by atoms with van der Waals surface area (Å²) in [5.74, 6) is 1.38. The third-order valence-electron chi connectivity index (χ3n) is 3.41. The number of benzene rings is 2. The molecule has 3 aromatic rings. The van der Waals surface area contributed by atoms with Gasteiger partial charge in [0.15, 0.2) is 0 Å². The summed E-state index contributed by atoms with van der Waals surface area (Å²) in [6.07, 6.45) is 0.660. The van der Waals surface area contributed by atoms with E-state index in [2.05, 4.69) is 11.1 Å². The van der Waals surface area contributed by atoms with Gasteiger partial charge in [-0.1, -0.05) is 30.3 Å². The molecule has 0 saturated carbocycles. The molecule has 0 fully saturated rings. The minimum atomic E-state index is 0.158. The first kappa shape index (κ1) is 13.6. The van der Waals surface area contributed by atoms with E-state index in [0.29, 0.717) is 12.3 Å². The van der Waals surface area contributed by atoms with E-state index in [1.807, 2.05) is 55.5 Å². The van der Waals surface area contributed by atoms with Crippen molar-refractivity contribution in [3.63, 3.8) is 0 Å². The Morgan fingerprint density at radius 2 is 1.81 bits per heavy atom. The van der Waals surface area contributed by atoms with E-state index >= 15 is 0 Å². The first-order chi connectivity index (χ1) is 10.3. The van der Waals surface area contributed by atoms with Crippen molar-refractivity contribution in [2.24, 2.45) is 0 Å². The summed E-state index contributed by atoms with van der Waals surface area (Å²) in [4.78, 5) is 4.57. The van der Waals surface area contributed by atoms with Gasteiger partial charge in [0.1, 0.15) is 5.75 Å². The minimum absolute atomic E-state index is 0.158. The van der Waals surface area contributed by atoms with Crippen molar-refractivity contribution in [2.45, 2.75) is 13.3 Å². The Balaban J connectivity index is 1.88. The molecular weight excluding hydrogens is 262 g/mol. The second-order valence-electron chi connectivity index (χ2n) is 5.02. The number of hydrogen-bond donors (Lipinski definition) is 1. The van der Waals surface area contributed by atoms with E-state index in [4.69, 9.17) is 9.84 Å². The molecule has 106 valence electrons. The average Bonchev–Trinajstić information content (AvgIpc) is 2.50. The molecule has 0 aliphatic rings. The molecule has 0 radical (unpaired) electrons. The molecule has 1 heterocycles. The molecular formula is C18H17NO2. The number of fused-ring (bicyclic) bond motifs is 1. The molecule has 3 heteroatoms. The van der Waals surface area contributed by atoms with Gasteiger partial charge in [-0.15, -0.1) is 0 Å². The third-order valence-corrected chi connectivity index (χ3v) is 3.41. The van der Waals surface area contributed by atoms with E-state index < -0.39 is 0 Å². The smallest absolute Gasteiger partial charge is 0.222 e. The molecule has 21 heavy (non-hydrogen) atoms. The maximum absolute atomic E-state index is 8.92. The van der Waals surface area contributed by atoms with Gasteiger partial charge in [0.25, 0.3) is 0 Å². The number of para-hydroxylation sites is 1. The Morgan fingerprint density at radius 3 is 2.57 bits per heavy atom. The summed E-state index contributed by atoms with van der Waals surface area (Å²) in [5.41, 5.74) is 3.02. The maximum Gasteiger partial charge on any atom is 0.222 e. The van der Waals surface area contributed by atoms with Gasteiger partial charge in [0.05, 0.1) is 5.52 Å². The lowest BCUT2D eigenvalue weighted by Crippen LogP contribution is -1.94. The van der Waals surface area contributed by atoms with Gasteiger partial charge in [-0.05, 0) is 43.2 Å². The molecule has 0 aliphatic heterocycles. The lowest BCUT2D eigenvalue weighted by atomic mass is 10.1. The first-order valence-corrected chi connectivity index (χ1v) is 7.00. The van der Waals surface area contributed by atoms with Crippen LogP contribution in [0.4, 0.5) is 0 Å². The van der Waals surface area contributed by atoms with E-state index in [1.54, 1.807) is 0 Å². The van der Waals surface area contributed by atoms with Crippen molar-refractivity contribution in [1.82, 2.24) is 4.98 Å². The van der Waals surface area contributed by atoms with Crippen LogP contribution in [0.15, 0.2) is 54.6 Å². The van der Waals surface area contributed by atoms with Gasteiger partial charge >= 0.3 is 0 Å². The second-order valence-corrected chi connectivity index (χ2v) is 5.02. The molecule has 0 atom stereocenters. The summed E-state index contributed by atoms with van der Waals surface area (Å²) in [6, 6.07) is 17.8. The average molecular weight is 279 g/mol. The lowest BCUT2D eigenvalue weighted by molar-refractivity contribution is 0.299. The van der Waals surface area contributed by atoms with Gasteiger partial charge in [0.2, 0.25) is 5.88 Å². The number of nitrogens with zero attached hydrogens (tertiary/aromatic N) is 1. The Hall–Kier alpha value is -2.39. The van der Waals surface area contributed by atoms with Crippen molar-refractivity contribution >= 4 is 10.9 Å². The fraction of sp³-hybridized carbons (Fsp3) is 0.167. The number of aliphatic hydroxyl groups excluding tert-OH is 1.